The molecule has 14 heavy (non-hydrogen) atoms. The van der Waals surface area contributed by atoms with Crippen LogP contribution in [0.2, 0.25) is 0 Å². The van der Waals surface area contributed by atoms with E-state index < -0.39 is 12.0 Å². The summed E-state index contributed by atoms with van der Waals surface area (Å²) in [7, 11) is 0. The third-order valence-corrected chi connectivity index (χ3v) is 1.95. The minimum atomic E-state index is -0.955. The summed E-state index contributed by atoms with van der Waals surface area (Å²) in [6.07, 6.45) is 2.32. The smallest absolute Gasteiger partial charge is 0.326 e. The van der Waals surface area contributed by atoms with Gasteiger partial charge in [-0.1, -0.05) is 26.7 Å². The van der Waals surface area contributed by atoms with Gasteiger partial charge in [0.2, 0.25) is 5.91 Å². The van der Waals surface area contributed by atoms with Gasteiger partial charge in [-0.05, 0) is 12.3 Å². The van der Waals surface area contributed by atoms with Gasteiger partial charge in [-0.2, -0.15) is 0 Å². The highest BCUT2D eigenvalue weighted by Crippen LogP contribution is 2.08. The first-order valence-electron chi connectivity index (χ1n) is 4.93. The van der Waals surface area contributed by atoms with Crippen LogP contribution in [0.15, 0.2) is 0 Å². The van der Waals surface area contributed by atoms with E-state index in [4.69, 9.17) is 5.11 Å². The molecule has 4 nitrogen and oxygen atoms in total. The molecule has 0 fully saturated rings. The second kappa shape index (κ2) is 6.40. The van der Waals surface area contributed by atoms with Crippen molar-refractivity contribution in [3.8, 4) is 0 Å². The van der Waals surface area contributed by atoms with Gasteiger partial charge in [0.05, 0.1) is 0 Å². The first kappa shape index (κ1) is 12.9. The average Bonchev–Trinajstić information content (AvgIpc) is 2.00. The van der Waals surface area contributed by atoms with Crippen LogP contribution in [0, 0.1) is 5.92 Å². The summed E-state index contributed by atoms with van der Waals surface area (Å²) in [4.78, 5) is 21.4. The van der Waals surface area contributed by atoms with Gasteiger partial charge in [0.1, 0.15) is 6.04 Å². The van der Waals surface area contributed by atoms with Crippen LogP contribution in [0.4, 0.5) is 0 Å². The van der Waals surface area contributed by atoms with E-state index >= 15 is 0 Å². The molecular weight excluding hydrogens is 182 g/mol. The Labute approximate surface area is 84.7 Å². The molecule has 0 aromatic carbocycles. The number of aliphatic carboxylic acids is 1. The molecule has 0 aliphatic heterocycles. The van der Waals surface area contributed by atoms with Crippen molar-refractivity contribution in [3.63, 3.8) is 0 Å². The number of rotatable bonds is 6. The molecule has 0 heterocycles. The Kier molecular flexibility index (Phi) is 5.92. The lowest BCUT2D eigenvalue weighted by Gasteiger charge is -2.13. The molecule has 0 aromatic rings. The van der Waals surface area contributed by atoms with Gasteiger partial charge in [0.25, 0.3) is 0 Å². The molecule has 82 valence electrons. The maximum absolute atomic E-state index is 10.7. The van der Waals surface area contributed by atoms with Crippen LogP contribution in [0.1, 0.15) is 40.0 Å². The van der Waals surface area contributed by atoms with Crippen LogP contribution in [-0.4, -0.2) is 23.0 Å². The number of carboxylic acids is 1. The minimum absolute atomic E-state index is 0.290. The highest BCUT2D eigenvalue weighted by Gasteiger charge is 2.17. The van der Waals surface area contributed by atoms with E-state index in [1.54, 1.807) is 0 Å². The summed E-state index contributed by atoms with van der Waals surface area (Å²) in [5.41, 5.74) is 0. The molecule has 0 rings (SSSR count). The quantitative estimate of drug-likeness (QED) is 0.682. The molecule has 0 saturated heterocycles. The summed E-state index contributed by atoms with van der Waals surface area (Å²) in [5.74, 6) is -0.673. The summed E-state index contributed by atoms with van der Waals surface area (Å²) in [5, 5.41) is 11.2. The summed E-state index contributed by atoms with van der Waals surface area (Å²) in [6, 6.07) is -0.730. The van der Waals surface area contributed by atoms with Crippen molar-refractivity contribution in [3.05, 3.63) is 0 Å². The van der Waals surface area contributed by atoms with Gasteiger partial charge >= 0.3 is 5.97 Å². The van der Waals surface area contributed by atoms with Gasteiger partial charge < -0.3 is 10.4 Å². The molecule has 0 saturated carbocycles. The molecule has 0 radical (unpaired) electrons. The Balaban J connectivity index is 3.86. The molecule has 4 heteroatoms. The van der Waals surface area contributed by atoms with Crippen LogP contribution in [0.25, 0.3) is 0 Å². The second-order valence-electron chi connectivity index (χ2n) is 3.92. The van der Waals surface area contributed by atoms with E-state index in [1.807, 2.05) is 0 Å². The van der Waals surface area contributed by atoms with E-state index in [9.17, 15) is 9.59 Å². The summed E-state index contributed by atoms with van der Waals surface area (Å²) < 4.78 is 0. The van der Waals surface area contributed by atoms with Crippen LogP contribution in [-0.2, 0) is 9.59 Å². The zero-order valence-electron chi connectivity index (χ0n) is 9.04. The molecular formula is C10H19NO3. The monoisotopic (exact) mass is 201 g/mol. The molecule has 0 bridgehead atoms. The molecule has 1 amide bonds. The van der Waals surface area contributed by atoms with E-state index in [1.165, 1.54) is 6.92 Å². The van der Waals surface area contributed by atoms with Gasteiger partial charge in [-0.25, -0.2) is 4.79 Å². The van der Waals surface area contributed by atoms with Gasteiger partial charge in [0.15, 0.2) is 0 Å². The van der Waals surface area contributed by atoms with E-state index in [-0.39, 0.29) is 5.91 Å². The predicted octanol–water partition coefficient (Wildman–Crippen LogP) is 1.40. The number of hydrogen-bond acceptors (Lipinski definition) is 2. The number of nitrogens with one attached hydrogen (secondary N) is 1. The average molecular weight is 201 g/mol. The Hall–Kier alpha value is -1.06. The molecule has 0 aliphatic rings. The van der Waals surface area contributed by atoms with Gasteiger partial charge in [0, 0.05) is 6.92 Å². The van der Waals surface area contributed by atoms with Crippen molar-refractivity contribution in [2.45, 2.75) is 46.1 Å². The lowest BCUT2D eigenvalue weighted by atomic mass is 10.0. The number of carbonyl (C=O) groups excluding carboxylic acids is 1. The summed E-state index contributed by atoms with van der Waals surface area (Å²) in [6.45, 7) is 5.51. The largest absolute Gasteiger partial charge is 0.480 e. The third-order valence-electron chi connectivity index (χ3n) is 1.95. The SMILES string of the molecule is CC(=O)NC(CCCC(C)C)C(=O)O. The zero-order chi connectivity index (χ0) is 11.1. The van der Waals surface area contributed by atoms with E-state index in [2.05, 4.69) is 19.2 Å². The first-order valence-corrected chi connectivity index (χ1v) is 4.93. The number of carbonyl (C=O) groups is 2. The first-order chi connectivity index (χ1) is 6.43. The van der Waals surface area contributed by atoms with Crippen LogP contribution in [0.5, 0.6) is 0 Å². The van der Waals surface area contributed by atoms with Crippen molar-refractivity contribution in [2.75, 3.05) is 0 Å². The molecule has 1 unspecified atom stereocenters. The highest BCUT2D eigenvalue weighted by atomic mass is 16.4. The molecule has 2 N–H and O–H groups in total. The number of amides is 1. The van der Waals surface area contributed by atoms with Crippen molar-refractivity contribution in [1.29, 1.82) is 0 Å². The number of carboxylic acid groups (broad SMARTS) is 1. The van der Waals surface area contributed by atoms with Crippen LogP contribution >= 0.6 is 0 Å². The maximum Gasteiger partial charge on any atom is 0.326 e. The molecule has 0 aromatic heterocycles. The lowest BCUT2D eigenvalue weighted by molar-refractivity contribution is -0.141. The zero-order valence-corrected chi connectivity index (χ0v) is 9.04. The fraction of sp³-hybridized carbons (Fsp3) is 0.800. The number of hydrogen-bond donors (Lipinski definition) is 2. The molecule has 0 spiro atoms. The lowest BCUT2D eigenvalue weighted by Crippen LogP contribution is -2.39. The van der Waals surface area contributed by atoms with Crippen molar-refractivity contribution >= 4 is 11.9 Å². The van der Waals surface area contributed by atoms with Crippen LogP contribution < -0.4 is 5.32 Å². The van der Waals surface area contributed by atoms with Crippen molar-refractivity contribution in [2.24, 2.45) is 5.92 Å². The topological polar surface area (TPSA) is 66.4 Å². The third kappa shape index (κ3) is 6.46. The van der Waals surface area contributed by atoms with Crippen molar-refractivity contribution in [1.82, 2.24) is 5.32 Å². The highest BCUT2D eigenvalue weighted by molar-refractivity contribution is 5.81. The summed E-state index contributed by atoms with van der Waals surface area (Å²) >= 11 is 0. The Morgan fingerprint density at radius 3 is 2.21 bits per heavy atom. The van der Waals surface area contributed by atoms with Gasteiger partial charge in [-0.3, -0.25) is 4.79 Å². The normalized spacial score (nSPS) is 12.6. The van der Waals surface area contributed by atoms with Crippen molar-refractivity contribution < 1.29 is 14.7 Å². The molecule has 0 aliphatic carbocycles. The molecule has 1 atom stereocenters. The Bertz CT molecular complexity index is 202. The maximum atomic E-state index is 10.7. The minimum Gasteiger partial charge on any atom is -0.480 e. The van der Waals surface area contributed by atoms with Gasteiger partial charge in [-0.15, -0.1) is 0 Å². The Morgan fingerprint density at radius 1 is 1.29 bits per heavy atom. The van der Waals surface area contributed by atoms with E-state index in [0.29, 0.717) is 12.3 Å². The fourth-order valence-electron chi connectivity index (χ4n) is 1.23. The van der Waals surface area contributed by atoms with Crippen LogP contribution in [0.3, 0.4) is 0 Å². The predicted molar refractivity (Wildman–Crippen MR) is 53.9 cm³/mol. The fourth-order valence-corrected chi connectivity index (χ4v) is 1.23. The Morgan fingerprint density at radius 2 is 1.86 bits per heavy atom. The standard InChI is InChI=1S/C10H19NO3/c1-7(2)5-4-6-9(10(13)14)11-8(3)12/h7,9H,4-6H2,1-3H3,(H,11,12)(H,13,14). The van der Waals surface area contributed by atoms with E-state index in [0.717, 1.165) is 12.8 Å². The second-order valence-corrected chi connectivity index (χ2v) is 3.92.